The Bertz CT molecular complexity index is 609. The molecule has 0 saturated heterocycles. The number of aryl methyl sites for hydroxylation is 1. The lowest BCUT2D eigenvalue weighted by Crippen LogP contribution is -2.01. The lowest BCUT2D eigenvalue weighted by Gasteiger charge is -2.14. The molecular formula is C15H12Br2F2O. The number of ether oxygens (including phenoxy) is 1. The number of rotatable bonds is 4. The summed E-state index contributed by atoms with van der Waals surface area (Å²) in [5.41, 5.74) is 2.41. The molecule has 0 atom stereocenters. The second-order valence-electron chi connectivity index (χ2n) is 4.41. The highest BCUT2D eigenvalue weighted by atomic mass is 79.9. The predicted octanol–water partition coefficient (Wildman–Crippen LogP) is 5.51. The van der Waals surface area contributed by atoms with Gasteiger partial charge >= 0.3 is 0 Å². The van der Waals surface area contributed by atoms with E-state index >= 15 is 0 Å². The van der Waals surface area contributed by atoms with Crippen LogP contribution in [-0.4, -0.2) is 0 Å². The Kier molecular flexibility index (Phi) is 5.16. The van der Waals surface area contributed by atoms with Crippen LogP contribution >= 0.6 is 31.9 Å². The summed E-state index contributed by atoms with van der Waals surface area (Å²) < 4.78 is 32.9. The zero-order valence-electron chi connectivity index (χ0n) is 10.7. The minimum Gasteiger partial charge on any atom is -0.488 e. The van der Waals surface area contributed by atoms with Crippen LogP contribution in [0.4, 0.5) is 8.78 Å². The van der Waals surface area contributed by atoms with Crippen molar-refractivity contribution in [2.45, 2.75) is 18.9 Å². The maximum absolute atomic E-state index is 13.1. The summed E-state index contributed by atoms with van der Waals surface area (Å²) >= 11 is 6.83. The minimum atomic E-state index is -0.600. The molecule has 0 aromatic heterocycles. The van der Waals surface area contributed by atoms with Crippen molar-refractivity contribution < 1.29 is 13.5 Å². The zero-order chi connectivity index (χ0) is 14.7. The number of alkyl halides is 1. The molecule has 0 heterocycles. The van der Waals surface area contributed by atoms with E-state index in [1.54, 1.807) is 0 Å². The third-order valence-corrected chi connectivity index (χ3v) is 3.83. The van der Waals surface area contributed by atoms with Gasteiger partial charge in [-0.3, -0.25) is 0 Å². The van der Waals surface area contributed by atoms with Gasteiger partial charge in [0.05, 0.1) is 0 Å². The summed E-state index contributed by atoms with van der Waals surface area (Å²) in [5.74, 6) is -0.469. The van der Waals surface area contributed by atoms with Gasteiger partial charge in [-0.1, -0.05) is 31.9 Å². The zero-order valence-corrected chi connectivity index (χ0v) is 13.9. The topological polar surface area (TPSA) is 9.23 Å². The van der Waals surface area contributed by atoms with Gasteiger partial charge < -0.3 is 4.74 Å². The van der Waals surface area contributed by atoms with Crippen LogP contribution < -0.4 is 4.74 Å². The first-order valence-electron chi connectivity index (χ1n) is 5.92. The number of hydrogen-bond acceptors (Lipinski definition) is 1. The third-order valence-electron chi connectivity index (χ3n) is 2.77. The van der Waals surface area contributed by atoms with Crippen molar-refractivity contribution in [1.29, 1.82) is 0 Å². The quantitative estimate of drug-likeness (QED) is 0.609. The van der Waals surface area contributed by atoms with Crippen molar-refractivity contribution >= 4 is 31.9 Å². The Morgan fingerprint density at radius 3 is 2.30 bits per heavy atom. The Morgan fingerprint density at radius 2 is 1.70 bits per heavy atom. The molecule has 0 aliphatic rings. The fourth-order valence-corrected chi connectivity index (χ4v) is 2.99. The molecule has 2 aromatic carbocycles. The summed E-state index contributed by atoms with van der Waals surface area (Å²) in [7, 11) is 0. The smallest absolute Gasteiger partial charge is 0.126 e. The first-order valence-corrected chi connectivity index (χ1v) is 7.84. The molecule has 0 unspecified atom stereocenters. The summed E-state index contributed by atoms with van der Waals surface area (Å²) in [6.45, 7) is 2.05. The molecule has 0 fully saturated rings. The van der Waals surface area contributed by atoms with Gasteiger partial charge in [0.1, 0.15) is 24.0 Å². The number of hydrogen-bond donors (Lipinski definition) is 0. The molecule has 0 saturated carbocycles. The molecule has 2 rings (SSSR count). The molecule has 20 heavy (non-hydrogen) atoms. The first kappa shape index (κ1) is 15.4. The van der Waals surface area contributed by atoms with Crippen LogP contribution in [-0.2, 0) is 11.9 Å². The van der Waals surface area contributed by atoms with Crippen molar-refractivity contribution in [3.05, 3.63) is 63.1 Å². The van der Waals surface area contributed by atoms with Crippen LogP contribution in [0, 0.1) is 18.6 Å². The van der Waals surface area contributed by atoms with E-state index in [-0.39, 0.29) is 6.61 Å². The van der Waals surface area contributed by atoms with Gasteiger partial charge in [0, 0.05) is 21.4 Å². The van der Waals surface area contributed by atoms with E-state index in [4.69, 9.17) is 4.74 Å². The fourth-order valence-electron chi connectivity index (χ4n) is 1.95. The van der Waals surface area contributed by atoms with Crippen LogP contribution in [0.25, 0.3) is 0 Å². The van der Waals surface area contributed by atoms with E-state index in [2.05, 4.69) is 31.9 Å². The van der Waals surface area contributed by atoms with Crippen LogP contribution in [0.15, 0.2) is 34.8 Å². The van der Waals surface area contributed by atoms with Crippen LogP contribution in [0.3, 0.4) is 0 Å². The molecule has 0 amide bonds. The van der Waals surface area contributed by atoms with Crippen molar-refractivity contribution in [2.24, 2.45) is 0 Å². The highest BCUT2D eigenvalue weighted by molar-refractivity contribution is 9.10. The third kappa shape index (κ3) is 3.79. The summed E-state index contributed by atoms with van der Waals surface area (Å²) in [4.78, 5) is 0. The second-order valence-corrected chi connectivity index (χ2v) is 5.89. The van der Waals surface area contributed by atoms with E-state index in [0.717, 1.165) is 27.4 Å². The maximum atomic E-state index is 13.1. The van der Waals surface area contributed by atoms with Crippen molar-refractivity contribution in [3.8, 4) is 5.75 Å². The van der Waals surface area contributed by atoms with Gasteiger partial charge in [-0.15, -0.1) is 0 Å². The van der Waals surface area contributed by atoms with E-state index in [1.807, 2.05) is 19.1 Å². The second kappa shape index (κ2) is 6.68. The van der Waals surface area contributed by atoms with Gasteiger partial charge in [-0.25, -0.2) is 8.78 Å². The van der Waals surface area contributed by atoms with Crippen LogP contribution in [0.5, 0.6) is 5.75 Å². The van der Waals surface area contributed by atoms with Gasteiger partial charge in [-0.2, -0.15) is 0 Å². The summed E-state index contributed by atoms with van der Waals surface area (Å²) in [6.07, 6.45) is 0. The van der Waals surface area contributed by atoms with Crippen LogP contribution in [0.2, 0.25) is 0 Å². The molecule has 0 radical (unpaired) electrons. The molecule has 106 valence electrons. The Morgan fingerprint density at radius 1 is 1.05 bits per heavy atom. The molecule has 2 aromatic rings. The molecular weight excluding hydrogens is 394 g/mol. The molecule has 0 aliphatic carbocycles. The van der Waals surface area contributed by atoms with Gasteiger partial charge in [0.25, 0.3) is 0 Å². The highest BCUT2D eigenvalue weighted by Gasteiger charge is 2.09. The lowest BCUT2D eigenvalue weighted by atomic mass is 10.1. The van der Waals surface area contributed by atoms with Crippen molar-refractivity contribution in [2.75, 3.05) is 0 Å². The Labute approximate surface area is 133 Å². The average molecular weight is 406 g/mol. The normalized spacial score (nSPS) is 10.7. The van der Waals surface area contributed by atoms with Gasteiger partial charge in [-0.05, 0) is 42.3 Å². The van der Waals surface area contributed by atoms with E-state index in [1.165, 1.54) is 12.1 Å². The Hall–Kier alpha value is -0.940. The largest absolute Gasteiger partial charge is 0.488 e. The molecule has 0 bridgehead atoms. The summed E-state index contributed by atoms with van der Waals surface area (Å²) in [6, 6.07) is 7.27. The summed E-state index contributed by atoms with van der Waals surface area (Å²) in [5, 5.41) is 0.639. The number of benzene rings is 2. The number of halogens is 4. The van der Waals surface area contributed by atoms with Crippen LogP contribution in [0.1, 0.15) is 16.7 Å². The minimum absolute atomic E-state index is 0.122. The van der Waals surface area contributed by atoms with Gasteiger partial charge in [0.2, 0.25) is 0 Å². The molecule has 1 nitrogen and oxygen atoms in total. The monoisotopic (exact) mass is 404 g/mol. The molecule has 0 aliphatic heterocycles. The first-order chi connectivity index (χ1) is 9.49. The van der Waals surface area contributed by atoms with Crippen molar-refractivity contribution in [3.63, 3.8) is 0 Å². The highest BCUT2D eigenvalue weighted by Crippen LogP contribution is 2.30. The molecule has 0 N–H and O–H groups in total. The lowest BCUT2D eigenvalue weighted by molar-refractivity contribution is 0.300. The molecule has 0 spiro atoms. The maximum Gasteiger partial charge on any atom is 0.126 e. The SMILES string of the molecule is Cc1cc(Br)cc(CBr)c1OCc1cc(F)cc(F)c1. The predicted molar refractivity (Wildman–Crippen MR) is 82.2 cm³/mol. The fraction of sp³-hybridized carbons (Fsp3) is 0.200. The standard InChI is InChI=1S/C15H12Br2F2O/c1-9-2-12(17)5-11(7-16)15(9)20-8-10-3-13(18)6-14(19)4-10/h2-6H,7-8H2,1H3. The van der Waals surface area contributed by atoms with E-state index < -0.39 is 11.6 Å². The Balaban J connectivity index is 2.22. The van der Waals surface area contributed by atoms with E-state index in [0.29, 0.717) is 10.9 Å². The average Bonchev–Trinajstić information content (AvgIpc) is 2.35. The van der Waals surface area contributed by atoms with Crippen molar-refractivity contribution in [1.82, 2.24) is 0 Å². The van der Waals surface area contributed by atoms with E-state index in [9.17, 15) is 8.78 Å². The molecule has 5 heteroatoms. The van der Waals surface area contributed by atoms with Gasteiger partial charge in [0.15, 0.2) is 0 Å².